The fourth-order valence-corrected chi connectivity index (χ4v) is 2.09. The zero-order chi connectivity index (χ0) is 14.7. The van der Waals surface area contributed by atoms with E-state index in [0.29, 0.717) is 23.8 Å². The van der Waals surface area contributed by atoms with Gasteiger partial charge in [0, 0.05) is 36.4 Å². The average molecular weight is 282 g/mol. The summed E-state index contributed by atoms with van der Waals surface area (Å²) in [6, 6.07) is 9.54. The van der Waals surface area contributed by atoms with Crippen molar-refractivity contribution in [3.05, 3.63) is 53.9 Å². The molecule has 1 amide bonds. The highest BCUT2D eigenvalue weighted by atomic mass is 16.1. The lowest BCUT2D eigenvalue weighted by atomic mass is 10.1. The molecule has 1 aromatic carbocycles. The average Bonchev–Trinajstić information content (AvgIpc) is 3.31. The van der Waals surface area contributed by atoms with E-state index in [0.717, 1.165) is 24.1 Å². The zero-order valence-electron chi connectivity index (χ0n) is 11.7. The van der Waals surface area contributed by atoms with Crippen LogP contribution in [0.15, 0.2) is 42.7 Å². The molecule has 0 bridgehead atoms. The topological polar surface area (TPSA) is 80.0 Å². The van der Waals surface area contributed by atoms with Gasteiger partial charge in [0.15, 0.2) is 0 Å². The van der Waals surface area contributed by atoms with Gasteiger partial charge < -0.3 is 16.4 Å². The maximum Gasteiger partial charge on any atom is 0.253 e. The minimum atomic E-state index is -0.0708. The van der Waals surface area contributed by atoms with Gasteiger partial charge in [-0.05, 0) is 42.7 Å². The van der Waals surface area contributed by atoms with Crippen molar-refractivity contribution in [3.63, 3.8) is 0 Å². The van der Waals surface area contributed by atoms with Gasteiger partial charge in [-0.15, -0.1) is 0 Å². The maximum absolute atomic E-state index is 12.3. The number of anilines is 2. The fourth-order valence-electron chi connectivity index (χ4n) is 2.09. The van der Waals surface area contributed by atoms with E-state index in [9.17, 15) is 4.79 Å². The van der Waals surface area contributed by atoms with E-state index < -0.39 is 0 Å². The Morgan fingerprint density at radius 2 is 2.19 bits per heavy atom. The van der Waals surface area contributed by atoms with Gasteiger partial charge in [-0.2, -0.15) is 0 Å². The Bertz CT molecular complexity index is 638. The molecule has 21 heavy (non-hydrogen) atoms. The third-order valence-electron chi connectivity index (χ3n) is 3.41. The van der Waals surface area contributed by atoms with Crippen molar-refractivity contribution >= 4 is 17.3 Å². The number of nitrogens with two attached hydrogens (primary N) is 1. The molecule has 108 valence electrons. The second kappa shape index (κ2) is 5.83. The molecule has 1 saturated carbocycles. The second-order valence-electron chi connectivity index (χ2n) is 5.27. The number of nitrogens with zero attached hydrogens (tertiary/aromatic N) is 1. The molecule has 0 radical (unpaired) electrons. The number of benzene rings is 1. The van der Waals surface area contributed by atoms with E-state index in [-0.39, 0.29) is 5.91 Å². The van der Waals surface area contributed by atoms with Gasteiger partial charge in [-0.1, -0.05) is 6.07 Å². The number of nitrogens with one attached hydrogen (secondary N) is 2. The second-order valence-corrected chi connectivity index (χ2v) is 5.27. The molecule has 1 fully saturated rings. The number of amides is 1. The number of nitrogen functional groups attached to an aromatic ring is 1. The first-order valence-corrected chi connectivity index (χ1v) is 7.05. The molecule has 0 saturated heterocycles. The Balaban J connectivity index is 1.75. The van der Waals surface area contributed by atoms with Crippen molar-refractivity contribution in [3.8, 4) is 0 Å². The number of aromatic nitrogens is 1. The van der Waals surface area contributed by atoms with Gasteiger partial charge in [0.2, 0.25) is 0 Å². The van der Waals surface area contributed by atoms with Crippen molar-refractivity contribution < 1.29 is 4.79 Å². The molecule has 0 atom stereocenters. The SMILES string of the molecule is Nc1ccc(NCc2cccnc2)c(C(=O)NC2CC2)c1. The fraction of sp³-hybridized carbons (Fsp3) is 0.250. The standard InChI is InChI=1S/C16H18N4O/c17-12-3-6-15(19-10-11-2-1-7-18-9-11)14(8-12)16(21)20-13-4-5-13/h1-3,6-9,13,19H,4-5,10,17H2,(H,20,21). The molecule has 1 aliphatic rings. The molecule has 4 N–H and O–H groups in total. The molecule has 1 aromatic heterocycles. The van der Waals surface area contributed by atoms with Gasteiger partial charge >= 0.3 is 0 Å². The van der Waals surface area contributed by atoms with Crippen molar-refractivity contribution in [2.24, 2.45) is 0 Å². The normalized spacial score (nSPS) is 13.7. The van der Waals surface area contributed by atoms with E-state index in [4.69, 9.17) is 5.73 Å². The minimum absolute atomic E-state index is 0.0708. The molecule has 2 aromatic rings. The van der Waals surface area contributed by atoms with E-state index in [2.05, 4.69) is 15.6 Å². The third kappa shape index (κ3) is 3.51. The van der Waals surface area contributed by atoms with Crippen LogP contribution in [0.4, 0.5) is 11.4 Å². The molecular formula is C16H18N4O. The highest BCUT2D eigenvalue weighted by Gasteiger charge is 2.24. The molecule has 0 unspecified atom stereocenters. The summed E-state index contributed by atoms with van der Waals surface area (Å²) in [5, 5.41) is 6.26. The number of pyridine rings is 1. The molecule has 5 nitrogen and oxygen atoms in total. The summed E-state index contributed by atoms with van der Waals surface area (Å²) in [6.45, 7) is 0.613. The van der Waals surface area contributed by atoms with Crippen LogP contribution in [0.25, 0.3) is 0 Å². The van der Waals surface area contributed by atoms with Crippen LogP contribution in [0.3, 0.4) is 0 Å². The van der Waals surface area contributed by atoms with Crippen molar-refractivity contribution in [1.82, 2.24) is 10.3 Å². The van der Waals surface area contributed by atoms with Gasteiger partial charge in [-0.25, -0.2) is 0 Å². The lowest BCUT2D eigenvalue weighted by Gasteiger charge is -2.13. The Labute approximate surface area is 123 Å². The summed E-state index contributed by atoms with van der Waals surface area (Å²) in [7, 11) is 0. The van der Waals surface area contributed by atoms with Crippen molar-refractivity contribution in [1.29, 1.82) is 0 Å². The summed E-state index contributed by atoms with van der Waals surface area (Å²) in [5.74, 6) is -0.0708. The summed E-state index contributed by atoms with van der Waals surface area (Å²) in [6.07, 6.45) is 5.66. The minimum Gasteiger partial charge on any atom is -0.399 e. The summed E-state index contributed by atoms with van der Waals surface area (Å²) in [5.41, 5.74) is 8.82. The zero-order valence-corrected chi connectivity index (χ0v) is 11.7. The van der Waals surface area contributed by atoms with Crippen LogP contribution in [0, 0.1) is 0 Å². The van der Waals surface area contributed by atoms with E-state index in [1.807, 2.05) is 18.2 Å². The molecule has 1 heterocycles. The lowest BCUT2D eigenvalue weighted by molar-refractivity contribution is 0.0952. The first kappa shape index (κ1) is 13.4. The van der Waals surface area contributed by atoms with E-state index >= 15 is 0 Å². The number of hydrogen-bond donors (Lipinski definition) is 3. The van der Waals surface area contributed by atoms with Crippen LogP contribution in [0.5, 0.6) is 0 Å². The molecule has 3 rings (SSSR count). The third-order valence-corrected chi connectivity index (χ3v) is 3.41. The molecule has 5 heteroatoms. The Kier molecular flexibility index (Phi) is 3.73. The van der Waals surface area contributed by atoms with Crippen LogP contribution in [0.2, 0.25) is 0 Å². The highest BCUT2D eigenvalue weighted by molar-refractivity contribution is 6.00. The number of hydrogen-bond acceptors (Lipinski definition) is 4. The van der Waals surface area contributed by atoms with Gasteiger partial charge in [0.05, 0.1) is 5.56 Å². The molecular weight excluding hydrogens is 264 g/mol. The monoisotopic (exact) mass is 282 g/mol. The molecule has 1 aliphatic carbocycles. The van der Waals surface area contributed by atoms with Crippen molar-refractivity contribution in [2.75, 3.05) is 11.1 Å². The number of carbonyl (C=O) groups is 1. The quantitative estimate of drug-likeness (QED) is 0.734. The molecule has 0 aliphatic heterocycles. The lowest BCUT2D eigenvalue weighted by Crippen LogP contribution is -2.26. The summed E-state index contributed by atoms with van der Waals surface area (Å²) in [4.78, 5) is 16.3. The predicted octanol–water partition coefficient (Wildman–Crippen LogP) is 2.17. The van der Waals surface area contributed by atoms with E-state index in [1.165, 1.54) is 0 Å². The number of rotatable bonds is 5. The van der Waals surface area contributed by atoms with Gasteiger partial charge in [0.25, 0.3) is 5.91 Å². The largest absolute Gasteiger partial charge is 0.399 e. The van der Waals surface area contributed by atoms with E-state index in [1.54, 1.807) is 24.5 Å². The first-order valence-electron chi connectivity index (χ1n) is 7.05. The van der Waals surface area contributed by atoms with Gasteiger partial charge in [-0.3, -0.25) is 9.78 Å². The molecule has 0 spiro atoms. The first-order chi connectivity index (χ1) is 10.2. The Morgan fingerprint density at radius 1 is 1.33 bits per heavy atom. The highest BCUT2D eigenvalue weighted by Crippen LogP contribution is 2.23. The van der Waals surface area contributed by atoms with Crippen LogP contribution < -0.4 is 16.4 Å². The Hall–Kier alpha value is -2.56. The summed E-state index contributed by atoms with van der Waals surface area (Å²) >= 11 is 0. The van der Waals surface area contributed by atoms with Crippen LogP contribution in [-0.2, 0) is 6.54 Å². The Morgan fingerprint density at radius 3 is 2.90 bits per heavy atom. The summed E-state index contributed by atoms with van der Waals surface area (Å²) < 4.78 is 0. The van der Waals surface area contributed by atoms with Gasteiger partial charge in [0.1, 0.15) is 0 Å². The van der Waals surface area contributed by atoms with Crippen molar-refractivity contribution in [2.45, 2.75) is 25.4 Å². The predicted molar refractivity (Wildman–Crippen MR) is 82.9 cm³/mol. The van der Waals surface area contributed by atoms with Crippen LogP contribution in [-0.4, -0.2) is 16.9 Å². The van der Waals surface area contributed by atoms with Crippen LogP contribution >= 0.6 is 0 Å². The number of carbonyl (C=O) groups excluding carboxylic acids is 1. The maximum atomic E-state index is 12.3. The van der Waals surface area contributed by atoms with Crippen LogP contribution in [0.1, 0.15) is 28.8 Å². The smallest absolute Gasteiger partial charge is 0.253 e.